The highest BCUT2D eigenvalue weighted by Gasteiger charge is 2.47. The number of aromatic hydroxyl groups is 1. The second-order valence-electron chi connectivity index (χ2n) is 12.4. The highest BCUT2D eigenvalue weighted by molar-refractivity contribution is 6.04. The maximum absolute atomic E-state index is 16.8. The minimum Gasteiger partial charge on any atom is -0.508 e. The van der Waals surface area contributed by atoms with E-state index in [2.05, 4.69) is 27.8 Å². The molecule has 1 aromatic heterocycles. The van der Waals surface area contributed by atoms with Crippen molar-refractivity contribution < 1.29 is 23.4 Å². The molecule has 1 N–H and O–H groups in total. The molecule has 0 radical (unpaired) electrons. The predicted molar refractivity (Wildman–Crippen MR) is 167 cm³/mol. The van der Waals surface area contributed by atoms with E-state index < -0.39 is 11.6 Å². The molecular weight excluding hydrogens is 562 g/mol. The molecular formula is C35H36F2N4O3. The van der Waals surface area contributed by atoms with Crippen molar-refractivity contribution in [1.82, 2.24) is 14.9 Å². The normalized spacial score (nSPS) is 22.6. The lowest BCUT2D eigenvalue weighted by atomic mass is 9.76. The van der Waals surface area contributed by atoms with Crippen LogP contribution in [0.15, 0.2) is 36.4 Å². The number of hydrogen-bond acceptors (Lipinski definition) is 7. The van der Waals surface area contributed by atoms with Gasteiger partial charge in [-0.05, 0) is 80.9 Å². The Labute approximate surface area is 255 Å². The molecule has 7 rings (SSSR count). The van der Waals surface area contributed by atoms with Crippen LogP contribution in [0.25, 0.3) is 32.8 Å². The summed E-state index contributed by atoms with van der Waals surface area (Å²) in [5.74, 6) is 1.72. The fourth-order valence-electron chi connectivity index (χ4n) is 7.76. The van der Waals surface area contributed by atoms with Crippen molar-refractivity contribution in [3.05, 3.63) is 53.6 Å². The van der Waals surface area contributed by atoms with Gasteiger partial charge in [-0.3, -0.25) is 0 Å². The van der Waals surface area contributed by atoms with Crippen LogP contribution >= 0.6 is 0 Å². The van der Waals surface area contributed by atoms with E-state index in [-0.39, 0.29) is 39.4 Å². The predicted octanol–water partition coefficient (Wildman–Crippen LogP) is 6.29. The molecule has 1 aliphatic carbocycles. The first-order valence-corrected chi connectivity index (χ1v) is 15.5. The molecule has 3 fully saturated rings. The number of anilines is 1. The second kappa shape index (κ2) is 11.5. The van der Waals surface area contributed by atoms with Gasteiger partial charge in [-0.1, -0.05) is 24.5 Å². The van der Waals surface area contributed by atoms with E-state index in [0.717, 1.165) is 45.1 Å². The van der Waals surface area contributed by atoms with Crippen LogP contribution in [0.3, 0.4) is 0 Å². The lowest BCUT2D eigenvalue weighted by Gasteiger charge is -2.44. The van der Waals surface area contributed by atoms with E-state index in [1.54, 1.807) is 12.1 Å². The monoisotopic (exact) mass is 598 g/mol. The maximum Gasteiger partial charge on any atom is 0.319 e. The SMILES string of the molecule is C#Cc1c(F)ccc2cc(O)cc(-c3ccc4c(N5CCCOCC5)nc(OCC56CCCC5N(C)CCC6)nc4c3F)c12. The van der Waals surface area contributed by atoms with Gasteiger partial charge in [0, 0.05) is 47.5 Å². The van der Waals surface area contributed by atoms with Gasteiger partial charge in [0.1, 0.15) is 22.9 Å². The highest BCUT2D eigenvalue weighted by Crippen LogP contribution is 2.47. The molecule has 228 valence electrons. The van der Waals surface area contributed by atoms with Gasteiger partial charge in [0.15, 0.2) is 5.82 Å². The first-order valence-electron chi connectivity index (χ1n) is 15.5. The Bertz CT molecular complexity index is 1780. The van der Waals surface area contributed by atoms with Gasteiger partial charge < -0.3 is 24.4 Å². The summed E-state index contributed by atoms with van der Waals surface area (Å²) in [7, 11) is 2.19. The number of benzene rings is 3. The third kappa shape index (κ3) is 4.90. The van der Waals surface area contributed by atoms with E-state index >= 15 is 4.39 Å². The molecule has 9 heteroatoms. The lowest BCUT2D eigenvalue weighted by molar-refractivity contribution is 0.0133. The van der Waals surface area contributed by atoms with Crippen LogP contribution in [0.5, 0.6) is 11.8 Å². The van der Waals surface area contributed by atoms with Crippen molar-refractivity contribution in [3.63, 3.8) is 0 Å². The number of terminal acetylenes is 1. The number of nitrogens with zero attached hydrogens (tertiary/aromatic N) is 4. The molecule has 0 amide bonds. The summed E-state index contributed by atoms with van der Waals surface area (Å²) in [6, 6.07) is 9.68. The summed E-state index contributed by atoms with van der Waals surface area (Å²) in [6.07, 6.45) is 12.1. The van der Waals surface area contributed by atoms with Crippen LogP contribution in [0, 0.1) is 29.4 Å². The Kier molecular flexibility index (Phi) is 7.51. The van der Waals surface area contributed by atoms with Crippen molar-refractivity contribution in [3.8, 4) is 35.2 Å². The molecule has 3 aliphatic rings. The topological polar surface area (TPSA) is 71.0 Å². The average molecular weight is 599 g/mol. The Morgan fingerprint density at radius 1 is 1.05 bits per heavy atom. The van der Waals surface area contributed by atoms with E-state index in [0.29, 0.717) is 60.9 Å². The fraction of sp³-hybridized carbons (Fsp3) is 0.429. The Hall–Kier alpha value is -4.00. The van der Waals surface area contributed by atoms with E-state index in [4.69, 9.17) is 20.9 Å². The molecule has 2 unspecified atom stereocenters. The summed E-state index contributed by atoms with van der Waals surface area (Å²) >= 11 is 0. The van der Waals surface area contributed by atoms with Crippen molar-refractivity contribution in [1.29, 1.82) is 0 Å². The number of halogens is 2. The van der Waals surface area contributed by atoms with Crippen molar-refractivity contribution in [2.75, 3.05) is 51.4 Å². The van der Waals surface area contributed by atoms with E-state index in [1.165, 1.54) is 24.3 Å². The zero-order valence-corrected chi connectivity index (χ0v) is 24.9. The molecule has 2 aliphatic heterocycles. The zero-order chi connectivity index (χ0) is 30.4. The quantitative estimate of drug-likeness (QED) is 0.271. The summed E-state index contributed by atoms with van der Waals surface area (Å²) in [4.78, 5) is 14.1. The van der Waals surface area contributed by atoms with Crippen LogP contribution in [0.4, 0.5) is 14.6 Å². The van der Waals surface area contributed by atoms with Gasteiger partial charge in [0.2, 0.25) is 0 Å². The van der Waals surface area contributed by atoms with Gasteiger partial charge in [-0.25, -0.2) is 8.78 Å². The van der Waals surface area contributed by atoms with Crippen LogP contribution in [0.1, 0.15) is 44.1 Å². The number of phenols is 1. The van der Waals surface area contributed by atoms with Gasteiger partial charge in [-0.15, -0.1) is 6.42 Å². The maximum atomic E-state index is 16.8. The van der Waals surface area contributed by atoms with Gasteiger partial charge in [-0.2, -0.15) is 9.97 Å². The number of aromatic nitrogens is 2. The third-order valence-electron chi connectivity index (χ3n) is 9.84. The zero-order valence-electron chi connectivity index (χ0n) is 24.9. The van der Waals surface area contributed by atoms with Crippen LogP contribution < -0.4 is 9.64 Å². The number of fused-ring (bicyclic) bond motifs is 3. The van der Waals surface area contributed by atoms with Crippen molar-refractivity contribution >= 4 is 27.5 Å². The number of rotatable bonds is 5. The number of phenolic OH excluding ortho intramolecular Hbond substituents is 1. The smallest absolute Gasteiger partial charge is 0.319 e. The van der Waals surface area contributed by atoms with Crippen LogP contribution in [-0.2, 0) is 4.74 Å². The second-order valence-corrected chi connectivity index (χ2v) is 12.4. The molecule has 0 spiro atoms. The lowest BCUT2D eigenvalue weighted by Crippen LogP contribution is -2.50. The molecule has 7 nitrogen and oxygen atoms in total. The summed E-state index contributed by atoms with van der Waals surface area (Å²) in [5, 5.41) is 12.0. The Balaban J connectivity index is 1.37. The number of ether oxygens (including phenoxy) is 2. The third-order valence-corrected chi connectivity index (χ3v) is 9.84. The van der Waals surface area contributed by atoms with Gasteiger partial charge in [0.25, 0.3) is 0 Å². The standard InChI is InChI=1S/C35H36F2N4O3/c1-3-24-28(36)11-8-22-19-23(42)20-27(30(22)24)25-9-10-26-32(31(25)37)38-34(39-33(26)41-15-6-17-43-18-16-41)44-21-35-12-4-7-29(35)40(2)14-5-13-35/h1,8-11,19-20,29,42H,4-7,12-18,21H2,2H3. The summed E-state index contributed by atoms with van der Waals surface area (Å²) in [5.41, 5.74) is 0.577. The Morgan fingerprint density at radius 2 is 1.91 bits per heavy atom. The number of piperidine rings is 1. The van der Waals surface area contributed by atoms with Gasteiger partial charge in [0.05, 0.1) is 18.8 Å². The van der Waals surface area contributed by atoms with Crippen molar-refractivity contribution in [2.45, 2.75) is 44.6 Å². The Morgan fingerprint density at radius 3 is 2.77 bits per heavy atom. The summed E-state index contributed by atoms with van der Waals surface area (Å²) < 4.78 is 43.7. The number of likely N-dealkylation sites (tertiary alicyclic amines) is 1. The van der Waals surface area contributed by atoms with Crippen molar-refractivity contribution in [2.24, 2.45) is 5.41 Å². The fourth-order valence-corrected chi connectivity index (χ4v) is 7.76. The molecule has 2 saturated heterocycles. The molecule has 3 heterocycles. The molecule has 1 saturated carbocycles. The van der Waals surface area contributed by atoms with Crippen LogP contribution in [-0.4, -0.2) is 72.5 Å². The first-order chi connectivity index (χ1) is 21.4. The van der Waals surface area contributed by atoms with Gasteiger partial charge >= 0.3 is 6.01 Å². The minimum atomic E-state index is -0.615. The average Bonchev–Trinajstić information content (AvgIpc) is 3.28. The van der Waals surface area contributed by atoms with E-state index in [9.17, 15) is 9.50 Å². The molecule has 2 atom stereocenters. The van der Waals surface area contributed by atoms with Crippen LogP contribution in [0.2, 0.25) is 0 Å². The van der Waals surface area contributed by atoms with E-state index in [1.807, 2.05) is 0 Å². The first kappa shape index (κ1) is 28.8. The molecule has 3 aromatic carbocycles. The minimum absolute atomic E-state index is 0.0109. The highest BCUT2D eigenvalue weighted by atomic mass is 19.1. The molecule has 0 bridgehead atoms. The number of hydrogen-bond donors (Lipinski definition) is 1. The molecule has 44 heavy (non-hydrogen) atoms. The molecule has 4 aromatic rings. The summed E-state index contributed by atoms with van der Waals surface area (Å²) in [6.45, 7) is 4.05. The largest absolute Gasteiger partial charge is 0.508 e.